The first-order valence-electron chi connectivity index (χ1n) is 6.12. The van der Waals surface area contributed by atoms with Crippen LogP contribution in [0.1, 0.15) is 11.1 Å². The molecule has 0 radical (unpaired) electrons. The number of hydrogen-bond donors (Lipinski definition) is 0. The molecular weight excluding hydrogens is 397 g/mol. The molecule has 106 valence electrons. The average Bonchev–Trinajstić information content (AvgIpc) is 2.46. The second kappa shape index (κ2) is 8.22. The number of hydrogen-bond acceptors (Lipinski definition) is 3. The molecule has 0 heterocycles. The van der Waals surface area contributed by atoms with E-state index < -0.39 is 8.25 Å². The SMILES string of the molecule is O=[PH](OCc1ccc([AsH2])cc1)OCc1ccc([AsH2])cc1. The molecule has 2 aromatic carbocycles. The molecule has 0 aliphatic carbocycles. The molecule has 0 fully saturated rings. The quantitative estimate of drug-likeness (QED) is 0.505. The van der Waals surface area contributed by atoms with E-state index in [0.29, 0.717) is 13.2 Å². The first kappa shape index (κ1) is 16.1. The van der Waals surface area contributed by atoms with Gasteiger partial charge in [-0.2, -0.15) is 0 Å². The Balaban J connectivity index is 1.75. The molecule has 2 rings (SSSR count). The molecule has 0 spiro atoms. The van der Waals surface area contributed by atoms with Crippen LogP contribution in [-0.4, -0.2) is 33.7 Å². The van der Waals surface area contributed by atoms with Crippen LogP contribution in [0.5, 0.6) is 0 Å². The fourth-order valence-corrected chi connectivity index (χ4v) is 3.01. The molecule has 3 nitrogen and oxygen atoms in total. The van der Waals surface area contributed by atoms with E-state index in [0.717, 1.165) is 11.1 Å². The molecule has 2 aromatic rings. The maximum absolute atomic E-state index is 11.7. The summed E-state index contributed by atoms with van der Waals surface area (Å²) < 4.78 is 24.7. The Morgan fingerprint density at radius 2 is 1.10 bits per heavy atom. The molecule has 2 unspecified atom stereocenters. The van der Waals surface area contributed by atoms with Gasteiger partial charge in [-0.3, -0.25) is 0 Å². The van der Waals surface area contributed by atoms with Gasteiger partial charge in [0, 0.05) is 0 Å². The molecule has 0 saturated carbocycles. The second-order valence-corrected chi connectivity index (χ2v) is 8.19. The Labute approximate surface area is 137 Å². The van der Waals surface area contributed by atoms with Crippen molar-refractivity contribution < 1.29 is 13.6 Å². The number of rotatable bonds is 6. The summed E-state index contributed by atoms with van der Waals surface area (Å²) in [4.78, 5) is 0. The molecule has 20 heavy (non-hydrogen) atoms. The van der Waals surface area contributed by atoms with Crippen LogP contribution in [0.4, 0.5) is 0 Å². The fourth-order valence-electron chi connectivity index (χ4n) is 1.55. The van der Waals surface area contributed by atoms with Crippen molar-refractivity contribution >= 4 is 50.7 Å². The molecule has 0 aliphatic heterocycles. The van der Waals surface area contributed by atoms with Gasteiger partial charge in [-0.15, -0.1) is 0 Å². The van der Waals surface area contributed by atoms with Crippen LogP contribution >= 0.6 is 8.25 Å². The van der Waals surface area contributed by atoms with Crippen LogP contribution in [0.2, 0.25) is 0 Å². The van der Waals surface area contributed by atoms with Crippen molar-refractivity contribution in [3.8, 4) is 0 Å². The minimum atomic E-state index is -2.45. The molecule has 0 saturated heterocycles. The molecule has 0 bridgehead atoms. The van der Waals surface area contributed by atoms with Gasteiger partial charge in [-0.05, 0) is 0 Å². The van der Waals surface area contributed by atoms with Crippen LogP contribution in [0.3, 0.4) is 0 Å². The van der Waals surface area contributed by atoms with Crippen molar-refractivity contribution in [3.63, 3.8) is 0 Å². The summed E-state index contributed by atoms with van der Waals surface area (Å²) in [5.74, 6) is 0. The average molecular weight is 414 g/mol. The van der Waals surface area contributed by atoms with E-state index in [1.807, 2.05) is 48.5 Å². The predicted molar refractivity (Wildman–Crippen MR) is 87.8 cm³/mol. The first-order valence-corrected chi connectivity index (χ1v) is 9.76. The van der Waals surface area contributed by atoms with E-state index in [2.05, 4.69) is 0 Å². The summed E-state index contributed by atoms with van der Waals surface area (Å²) in [6, 6.07) is 16.0. The first-order chi connectivity index (χ1) is 9.63. The monoisotopic (exact) mass is 414 g/mol. The summed E-state index contributed by atoms with van der Waals surface area (Å²) in [6.45, 7) is 0.642. The van der Waals surface area contributed by atoms with E-state index in [1.165, 1.54) is 8.70 Å². The van der Waals surface area contributed by atoms with Crippen molar-refractivity contribution in [3.05, 3.63) is 59.7 Å². The standard InChI is InChI=1S/C14H17As2O3P/c15-13-5-1-11(2-6-13)9-18-20(17)19-10-12-3-7-14(16)8-4-12/h1-8,20H,9-10,15-16H2. The molecule has 0 aromatic heterocycles. The van der Waals surface area contributed by atoms with Gasteiger partial charge in [-0.1, -0.05) is 0 Å². The summed E-state index contributed by atoms with van der Waals surface area (Å²) >= 11 is 3.16. The Morgan fingerprint density at radius 1 is 0.750 bits per heavy atom. The van der Waals surface area contributed by atoms with Gasteiger partial charge >= 0.3 is 137 Å². The third kappa shape index (κ3) is 5.60. The third-order valence-corrected chi connectivity index (χ3v) is 5.05. The Bertz CT molecular complexity index is 518. The fraction of sp³-hybridized carbons (Fsp3) is 0.143. The second-order valence-electron chi connectivity index (χ2n) is 4.31. The molecular formula is C14H17As2O3P. The zero-order valence-electron chi connectivity index (χ0n) is 10.9. The van der Waals surface area contributed by atoms with Crippen LogP contribution in [0.25, 0.3) is 0 Å². The van der Waals surface area contributed by atoms with Crippen LogP contribution in [0, 0.1) is 0 Å². The topological polar surface area (TPSA) is 35.5 Å². The Morgan fingerprint density at radius 3 is 1.45 bits per heavy atom. The summed E-state index contributed by atoms with van der Waals surface area (Å²) in [5, 5.41) is 0. The van der Waals surface area contributed by atoms with Gasteiger partial charge in [0.1, 0.15) is 0 Å². The third-order valence-electron chi connectivity index (χ3n) is 2.67. The van der Waals surface area contributed by atoms with E-state index >= 15 is 0 Å². The van der Waals surface area contributed by atoms with Crippen molar-refractivity contribution in [1.82, 2.24) is 0 Å². The molecule has 2 atom stereocenters. The van der Waals surface area contributed by atoms with Crippen LogP contribution in [0.15, 0.2) is 48.5 Å². The van der Waals surface area contributed by atoms with Gasteiger partial charge < -0.3 is 0 Å². The van der Waals surface area contributed by atoms with E-state index in [-0.39, 0.29) is 0 Å². The van der Waals surface area contributed by atoms with Gasteiger partial charge in [-0.25, -0.2) is 0 Å². The van der Waals surface area contributed by atoms with E-state index in [1.54, 1.807) is 33.7 Å². The van der Waals surface area contributed by atoms with Gasteiger partial charge in [0.2, 0.25) is 0 Å². The molecule has 0 aliphatic rings. The zero-order chi connectivity index (χ0) is 14.4. The molecule has 0 amide bonds. The van der Waals surface area contributed by atoms with Gasteiger partial charge in [0.05, 0.1) is 0 Å². The predicted octanol–water partition coefficient (Wildman–Crippen LogP) is 0.327. The van der Waals surface area contributed by atoms with Crippen molar-refractivity contribution in [2.45, 2.75) is 13.2 Å². The molecule has 0 N–H and O–H groups in total. The van der Waals surface area contributed by atoms with Crippen LogP contribution in [-0.2, 0) is 26.8 Å². The maximum atomic E-state index is 11.7. The van der Waals surface area contributed by atoms with Gasteiger partial charge in [0.15, 0.2) is 0 Å². The molecule has 6 heteroatoms. The summed E-state index contributed by atoms with van der Waals surface area (Å²) in [7, 11) is -2.45. The summed E-state index contributed by atoms with van der Waals surface area (Å²) in [6.07, 6.45) is 0. The van der Waals surface area contributed by atoms with E-state index in [9.17, 15) is 4.57 Å². The zero-order valence-corrected chi connectivity index (χ0v) is 16.8. The minimum absolute atomic E-state index is 0.321. The summed E-state index contributed by atoms with van der Waals surface area (Å²) in [5.41, 5.74) is 2.01. The van der Waals surface area contributed by atoms with Crippen molar-refractivity contribution in [2.24, 2.45) is 0 Å². The van der Waals surface area contributed by atoms with Crippen molar-refractivity contribution in [1.29, 1.82) is 0 Å². The Kier molecular flexibility index (Phi) is 6.61. The van der Waals surface area contributed by atoms with Crippen molar-refractivity contribution in [2.75, 3.05) is 0 Å². The number of benzene rings is 2. The normalized spacial score (nSPS) is 10.9. The van der Waals surface area contributed by atoms with E-state index in [4.69, 9.17) is 9.05 Å². The van der Waals surface area contributed by atoms with Crippen LogP contribution < -0.4 is 8.70 Å². The van der Waals surface area contributed by atoms with Gasteiger partial charge in [0.25, 0.3) is 0 Å². The Hall–Kier alpha value is -0.293.